The van der Waals surface area contributed by atoms with Crippen molar-refractivity contribution in [3.63, 3.8) is 0 Å². The first-order valence-electron chi connectivity index (χ1n) is 2.41. The Morgan fingerprint density at radius 1 is 1.29 bits per heavy atom. The van der Waals surface area contributed by atoms with Gasteiger partial charge in [0.2, 0.25) is 0 Å². The first kappa shape index (κ1) is 11.3. The Bertz CT molecular complexity index is 20.0. The lowest BCUT2D eigenvalue weighted by atomic mass is 10.2. The highest BCUT2D eigenvalue weighted by atomic mass is 128. The van der Waals surface area contributed by atoms with E-state index >= 15 is 0 Å². The molecule has 0 aromatic rings. The van der Waals surface area contributed by atoms with Crippen LogP contribution in [-0.2, 0) is 0 Å². The van der Waals surface area contributed by atoms with Gasteiger partial charge in [0.15, 0.2) is 0 Å². The van der Waals surface area contributed by atoms with Crippen LogP contribution in [0.25, 0.3) is 0 Å². The smallest absolute Gasteiger partial charge is 0 e. The fraction of sp³-hybridized carbons (Fsp3) is 1.00. The van der Waals surface area contributed by atoms with Crippen LogP contribution in [0.1, 0.15) is 27.2 Å². The van der Waals surface area contributed by atoms with Gasteiger partial charge in [0, 0.05) is 37.2 Å². The van der Waals surface area contributed by atoms with Crippen LogP contribution in [0.4, 0.5) is 0 Å². The number of hydrogen-bond donors (Lipinski definition) is 0. The average Bonchev–Trinajstić information content (AvgIpc) is 1.73. The van der Waals surface area contributed by atoms with E-state index in [1.807, 2.05) is 0 Å². The van der Waals surface area contributed by atoms with Gasteiger partial charge in [-0.3, -0.25) is 0 Å². The molecule has 0 saturated carbocycles. The minimum atomic E-state index is 0.884. The summed E-state index contributed by atoms with van der Waals surface area (Å²) in [4.78, 5) is 0. The van der Waals surface area contributed by atoms with E-state index in [0.717, 1.165) is 5.92 Å². The molecule has 0 bridgehead atoms. The molecule has 0 aromatic carbocycles. The normalized spacial score (nSPS) is 7.71. The van der Waals surface area contributed by atoms with Crippen LogP contribution in [0.3, 0.4) is 0 Å². The molecule has 0 radical (unpaired) electrons. The van der Waals surface area contributed by atoms with Crippen molar-refractivity contribution in [2.24, 2.45) is 5.92 Å². The van der Waals surface area contributed by atoms with Gasteiger partial charge < -0.3 is 0 Å². The molecular weight excluding hydrogens is 314 g/mol. The van der Waals surface area contributed by atoms with Crippen molar-refractivity contribution < 1.29 is 0 Å². The van der Waals surface area contributed by atoms with Crippen LogP contribution in [0, 0.1) is 5.92 Å². The Morgan fingerprint density at radius 2 is 1.43 bits per heavy atom. The Morgan fingerprint density at radius 3 is 1.43 bits per heavy atom. The average molecular weight is 326 g/mol. The predicted octanol–water partition coefficient (Wildman–Crippen LogP) is 3.82. The maximum Gasteiger partial charge on any atom is 0 e. The number of halogens is 2. The molecule has 0 nitrogen and oxygen atoms in total. The summed E-state index contributed by atoms with van der Waals surface area (Å²) in [5.41, 5.74) is 0. The third-order valence-corrected chi connectivity index (χ3v) is 0.816. The second-order valence-corrected chi connectivity index (χ2v) is 1.80. The summed E-state index contributed by atoms with van der Waals surface area (Å²) < 4.78 is 0. The van der Waals surface area contributed by atoms with Gasteiger partial charge >= 0.3 is 0 Å². The molecule has 0 fully saturated rings. The van der Waals surface area contributed by atoms with Crippen molar-refractivity contribution in [3.8, 4) is 0 Å². The van der Waals surface area contributed by atoms with Gasteiger partial charge in [0.05, 0.1) is 0 Å². The Hall–Kier alpha value is 1.46. The molecule has 0 aliphatic carbocycles. The molecule has 0 atom stereocenters. The molecule has 0 rings (SSSR count). The maximum absolute atomic E-state index is 2.22. The monoisotopic (exact) mass is 326 g/mol. The van der Waals surface area contributed by atoms with E-state index in [9.17, 15) is 0 Å². The van der Waals surface area contributed by atoms with Gasteiger partial charge in [-0.15, -0.1) is 0 Å². The van der Waals surface area contributed by atoms with Crippen molar-refractivity contribution >= 4 is 37.2 Å². The fourth-order valence-electron chi connectivity index (χ4n) is 0. The second-order valence-electron chi connectivity index (χ2n) is 1.80. The molecule has 2 heteroatoms. The van der Waals surface area contributed by atoms with Crippen molar-refractivity contribution in [1.29, 1.82) is 0 Å². The van der Waals surface area contributed by atoms with Gasteiger partial charge in [0.25, 0.3) is 0 Å². The molecule has 0 aliphatic rings. The summed E-state index contributed by atoms with van der Waals surface area (Å²) >= 11 is 4.24. The van der Waals surface area contributed by atoms with E-state index in [-0.39, 0.29) is 0 Å². The predicted molar refractivity (Wildman–Crippen MR) is 53.2 cm³/mol. The molecule has 46 valence electrons. The van der Waals surface area contributed by atoms with Gasteiger partial charge in [-0.25, -0.2) is 0 Å². The quantitative estimate of drug-likeness (QED) is 0.643. The van der Waals surface area contributed by atoms with E-state index in [1.165, 1.54) is 6.42 Å². The highest BCUT2D eigenvalue weighted by Gasteiger charge is 1.80. The van der Waals surface area contributed by atoms with E-state index < -0.39 is 0 Å². The fourth-order valence-corrected chi connectivity index (χ4v) is 0. The first-order valence-corrected chi connectivity index (χ1v) is 8.70. The minimum absolute atomic E-state index is 0.884. The SMILES string of the molecule is CCC(C)C.II. The maximum atomic E-state index is 2.22. The zero-order valence-electron chi connectivity index (χ0n) is 5.04. The highest BCUT2D eigenvalue weighted by Crippen LogP contribution is 1.93. The second kappa shape index (κ2) is 10.4. The third-order valence-electron chi connectivity index (χ3n) is 0.816. The van der Waals surface area contributed by atoms with Crippen molar-refractivity contribution in [2.45, 2.75) is 27.2 Å². The van der Waals surface area contributed by atoms with Crippen LogP contribution in [-0.4, -0.2) is 0 Å². The molecule has 0 aromatic heterocycles. The van der Waals surface area contributed by atoms with E-state index in [2.05, 4.69) is 58.0 Å². The molecule has 0 unspecified atom stereocenters. The van der Waals surface area contributed by atoms with Gasteiger partial charge in [0.1, 0.15) is 0 Å². The first-order chi connectivity index (χ1) is 3.27. The van der Waals surface area contributed by atoms with Crippen LogP contribution in [0.2, 0.25) is 0 Å². The number of hydrogen-bond acceptors (Lipinski definition) is 0. The van der Waals surface area contributed by atoms with Gasteiger partial charge in [-0.05, 0) is 5.92 Å². The number of rotatable bonds is 1. The standard InChI is InChI=1S/C5H12.I2/c1-4-5(2)3;1-2/h5H,4H2,1-3H3;. The Balaban J connectivity index is 0. The summed E-state index contributed by atoms with van der Waals surface area (Å²) in [6, 6.07) is 0. The largest absolute Gasteiger partial charge is 0.0651 e. The van der Waals surface area contributed by atoms with Crippen molar-refractivity contribution in [3.05, 3.63) is 0 Å². The molecular formula is C5H12I2. The summed E-state index contributed by atoms with van der Waals surface area (Å²) in [5, 5.41) is 0. The Kier molecular flexibility index (Phi) is 16.8. The lowest BCUT2D eigenvalue weighted by Gasteiger charge is -1.90. The molecule has 7 heavy (non-hydrogen) atoms. The molecule has 0 heterocycles. The third kappa shape index (κ3) is 18.6. The van der Waals surface area contributed by atoms with Crippen LogP contribution < -0.4 is 0 Å². The van der Waals surface area contributed by atoms with Crippen molar-refractivity contribution in [1.82, 2.24) is 0 Å². The van der Waals surface area contributed by atoms with Gasteiger partial charge in [-0.2, -0.15) is 0 Å². The van der Waals surface area contributed by atoms with Crippen molar-refractivity contribution in [2.75, 3.05) is 0 Å². The van der Waals surface area contributed by atoms with E-state index in [4.69, 9.17) is 0 Å². The summed E-state index contributed by atoms with van der Waals surface area (Å²) in [6.07, 6.45) is 1.31. The molecule has 0 N–H and O–H groups in total. The lowest BCUT2D eigenvalue weighted by molar-refractivity contribution is 0.626. The highest BCUT2D eigenvalue weighted by molar-refractivity contribution is 15.0. The van der Waals surface area contributed by atoms with Crippen LogP contribution in [0.5, 0.6) is 0 Å². The van der Waals surface area contributed by atoms with Gasteiger partial charge in [-0.1, -0.05) is 27.2 Å². The summed E-state index contributed by atoms with van der Waals surface area (Å²) in [5.74, 6) is 0.884. The summed E-state index contributed by atoms with van der Waals surface area (Å²) in [7, 11) is 0. The molecule has 0 saturated heterocycles. The zero-order valence-corrected chi connectivity index (χ0v) is 9.36. The molecule has 0 amide bonds. The molecule has 0 aliphatic heterocycles. The molecule has 0 spiro atoms. The Labute approximate surface area is 69.8 Å². The summed E-state index contributed by atoms with van der Waals surface area (Å²) in [6.45, 7) is 6.64. The minimum Gasteiger partial charge on any atom is -0.0651 e. The van der Waals surface area contributed by atoms with E-state index in [0.29, 0.717) is 0 Å². The van der Waals surface area contributed by atoms with Crippen LogP contribution >= 0.6 is 37.2 Å². The van der Waals surface area contributed by atoms with Crippen LogP contribution in [0.15, 0.2) is 0 Å². The topological polar surface area (TPSA) is 0 Å². The van der Waals surface area contributed by atoms with E-state index in [1.54, 1.807) is 0 Å². The lowest BCUT2D eigenvalue weighted by Crippen LogP contribution is -1.77. The zero-order chi connectivity index (χ0) is 6.28.